The van der Waals surface area contributed by atoms with E-state index in [1.165, 1.54) is 32.5 Å². The van der Waals surface area contributed by atoms with Gasteiger partial charge >= 0.3 is 0 Å². The van der Waals surface area contributed by atoms with Crippen LogP contribution in [0.15, 0.2) is 44.9 Å². The van der Waals surface area contributed by atoms with Crippen LogP contribution >= 0.6 is 22.7 Å². The maximum Gasteiger partial charge on any atom is 0.252 e. The number of rotatable bonds is 4. The number of hydrogen-bond donors (Lipinski definition) is 0. The predicted molar refractivity (Wildman–Crippen MR) is 117 cm³/mol. The Morgan fingerprint density at radius 1 is 1.21 bits per heavy atom. The van der Waals surface area contributed by atoms with Crippen LogP contribution in [0.1, 0.15) is 25.3 Å². The van der Waals surface area contributed by atoms with Crippen molar-refractivity contribution in [2.45, 2.75) is 30.4 Å². The zero-order valence-electron chi connectivity index (χ0n) is 16.4. The minimum atomic E-state index is -3.45. The summed E-state index contributed by atoms with van der Waals surface area (Å²) in [6.07, 6.45) is 1.93. The zero-order valence-corrected chi connectivity index (χ0v) is 18.8. The predicted octanol–water partition coefficient (Wildman–Crippen LogP) is 3.39. The van der Waals surface area contributed by atoms with Gasteiger partial charge in [-0.05, 0) is 42.3 Å². The van der Waals surface area contributed by atoms with Crippen LogP contribution < -0.4 is 4.80 Å². The number of carbonyl (C=O) groups is 1. The summed E-state index contributed by atoms with van der Waals surface area (Å²) < 4.78 is 30.2. The zero-order chi connectivity index (χ0) is 20.6. The summed E-state index contributed by atoms with van der Waals surface area (Å²) in [6.45, 7) is 2.82. The van der Waals surface area contributed by atoms with Gasteiger partial charge in [0.25, 0.3) is 15.9 Å². The van der Waals surface area contributed by atoms with Crippen molar-refractivity contribution in [3.63, 3.8) is 0 Å². The summed E-state index contributed by atoms with van der Waals surface area (Å²) in [4.78, 5) is 17.9. The van der Waals surface area contributed by atoms with Crippen LogP contribution in [-0.2, 0) is 28.3 Å². The first-order valence-corrected chi connectivity index (χ1v) is 12.7. The molecule has 0 aliphatic carbocycles. The number of aryl methyl sites for hydroxylation is 2. The second-order valence-electron chi connectivity index (χ2n) is 7.12. The van der Waals surface area contributed by atoms with E-state index in [1.54, 1.807) is 17.5 Å². The molecule has 9 heteroatoms. The number of thiazole rings is 1. The first kappa shape index (κ1) is 20.5. The molecule has 1 aliphatic rings. The maximum atomic E-state index is 12.8. The van der Waals surface area contributed by atoms with E-state index in [9.17, 15) is 13.2 Å². The molecule has 1 fully saturated rings. The number of nitrogens with zero attached hydrogens (tertiary/aromatic N) is 3. The van der Waals surface area contributed by atoms with Gasteiger partial charge in [-0.1, -0.05) is 36.5 Å². The molecule has 4 rings (SSSR count). The van der Waals surface area contributed by atoms with Crippen molar-refractivity contribution in [1.82, 2.24) is 8.87 Å². The Morgan fingerprint density at radius 2 is 1.97 bits per heavy atom. The first-order chi connectivity index (χ1) is 13.9. The van der Waals surface area contributed by atoms with Crippen LogP contribution in [0.4, 0.5) is 0 Å². The van der Waals surface area contributed by atoms with Crippen molar-refractivity contribution in [1.29, 1.82) is 0 Å². The Bertz CT molecular complexity index is 1200. The molecule has 0 unspecified atom stereocenters. The van der Waals surface area contributed by atoms with E-state index in [-0.39, 0.29) is 11.8 Å². The molecule has 0 saturated carbocycles. The molecule has 1 amide bonds. The van der Waals surface area contributed by atoms with Gasteiger partial charge in [0.2, 0.25) is 0 Å². The summed E-state index contributed by atoms with van der Waals surface area (Å²) in [6, 6.07) is 9.55. The van der Waals surface area contributed by atoms with Crippen LogP contribution in [0, 0.1) is 5.92 Å². The Kier molecular flexibility index (Phi) is 5.74. The van der Waals surface area contributed by atoms with E-state index in [4.69, 9.17) is 0 Å². The van der Waals surface area contributed by atoms with Crippen molar-refractivity contribution in [3.05, 3.63) is 46.1 Å². The third-order valence-corrected chi connectivity index (χ3v) is 9.75. The van der Waals surface area contributed by atoms with E-state index in [2.05, 4.69) is 24.0 Å². The van der Waals surface area contributed by atoms with Gasteiger partial charge in [-0.2, -0.15) is 9.30 Å². The molecular formula is C20H23N3O3S3. The Hall–Kier alpha value is -1.81. The van der Waals surface area contributed by atoms with Gasteiger partial charge in [0, 0.05) is 26.1 Å². The topological polar surface area (TPSA) is 71.7 Å². The van der Waals surface area contributed by atoms with Gasteiger partial charge in [-0.25, -0.2) is 8.42 Å². The number of thiophene rings is 1. The monoisotopic (exact) mass is 449 g/mol. The number of para-hydroxylation sites is 1. The lowest BCUT2D eigenvalue weighted by Crippen LogP contribution is -2.40. The smallest absolute Gasteiger partial charge is 0.252 e. The molecule has 0 N–H and O–H groups in total. The van der Waals surface area contributed by atoms with Crippen LogP contribution in [0.5, 0.6) is 0 Å². The largest absolute Gasteiger partial charge is 0.319 e. The molecule has 0 radical (unpaired) electrons. The van der Waals surface area contributed by atoms with Crippen LogP contribution in [0.3, 0.4) is 0 Å². The van der Waals surface area contributed by atoms with E-state index >= 15 is 0 Å². The van der Waals surface area contributed by atoms with E-state index in [0.29, 0.717) is 34.9 Å². The number of carbonyl (C=O) groups excluding carboxylic acids is 1. The summed E-state index contributed by atoms with van der Waals surface area (Å²) in [5.41, 5.74) is 2.37. The Balaban J connectivity index is 1.52. The molecule has 3 heterocycles. The van der Waals surface area contributed by atoms with Gasteiger partial charge in [-0.3, -0.25) is 4.79 Å². The lowest BCUT2D eigenvalue weighted by atomic mass is 9.98. The van der Waals surface area contributed by atoms with Crippen LogP contribution in [0.2, 0.25) is 0 Å². The summed E-state index contributed by atoms with van der Waals surface area (Å²) in [7, 11) is -1.51. The van der Waals surface area contributed by atoms with Crippen molar-refractivity contribution in [2.75, 3.05) is 13.1 Å². The summed E-state index contributed by atoms with van der Waals surface area (Å²) in [5, 5.41) is 1.76. The fraction of sp³-hybridized carbons (Fsp3) is 0.400. The fourth-order valence-corrected chi connectivity index (χ4v) is 7.43. The second kappa shape index (κ2) is 8.14. The molecule has 1 aliphatic heterocycles. The molecule has 3 aromatic rings. The number of aromatic nitrogens is 1. The number of fused-ring (bicyclic) bond motifs is 1. The molecule has 1 saturated heterocycles. The van der Waals surface area contributed by atoms with Crippen LogP contribution in [-0.4, -0.2) is 36.3 Å². The molecule has 29 heavy (non-hydrogen) atoms. The third-order valence-electron chi connectivity index (χ3n) is 5.39. The van der Waals surface area contributed by atoms with Gasteiger partial charge in [-0.15, -0.1) is 11.3 Å². The minimum Gasteiger partial charge on any atom is -0.319 e. The average molecular weight is 450 g/mol. The number of sulfonamides is 1. The van der Waals surface area contributed by atoms with Gasteiger partial charge < -0.3 is 4.57 Å². The van der Waals surface area contributed by atoms with Crippen molar-refractivity contribution < 1.29 is 13.2 Å². The van der Waals surface area contributed by atoms with Crippen LogP contribution in [0.25, 0.3) is 10.2 Å². The standard InChI is InChI=1S/C20H23N3O3S3/c1-3-14-6-4-7-16-18(14)22(2)20(28-16)21-19(24)15-9-11-23(12-10-15)29(25,26)17-8-5-13-27-17/h4-8,13,15H,3,9-12H2,1-2H3. The molecule has 0 atom stereocenters. The average Bonchev–Trinajstić information content (AvgIpc) is 3.37. The highest BCUT2D eigenvalue weighted by Crippen LogP contribution is 2.27. The SMILES string of the molecule is CCc1cccc2sc(=NC(=O)C3CCN(S(=O)(=O)c4cccs4)CC3)n(C)c12. The Labute approximate surface area is 178 Å². The van der Waals surface area contributed by atoms with E-state index in [0.717, 1.165) is 16.6 Å². The molecule has 0 spiro atoms. The number of hydrogen-bond acceptors (Lipinski definition) is 5. The van der Waals surface area contributed by atoms with Gasteiger partial charge in [0.05, 0.1) is 10.2 Å². The second-order valence-corrected chi connectivity index (χ2v) is 11.2. The molecule has 0 bridgehead atoms. The highest BCUT2D eigenvalue weighted by atomic mass is 32.2. The molecule has 2 aromatic heterocycles. The van der Waals surface area contributed by atoms with Crippen molar-refractivity contribution in [3.8, 4) is 0 Å². The van der Waals surface area contributed by atoms with Gasteiger partial charge in [0.15, 0.2) is 4.80 Å². The van der Waals surface area contributed by atoms with Crippen molar-refractivity contribution in [2.24, 2.45) is 18.0 Å². The van der Waals surface area contributed by atoms with E-state index in [1.807, 2.05) is 17.7 Å². The number of piperidine rings is 1. The normalized spacial score (nSPS) is 17.2. The lowest BCUT2D eigenvalue weighted by molar-refractivity contribution is -0.122. The molecular weight excluding hydrogens is 426 g/mol. The van der Waals surface area contributed by atoms with Crippen molar-refractivity contribution >= 4 is 48.8 Å². The molecule has 1 aromatic carbocycles. The molecule has 154 valence electrons. The first-order valence-electron chi connectivity index (χ1n) is 9.61. The Morgan fingerprint density at radius 3 is 2.62 bits per heavy atom. The van der Waals surface area contributed by atoms with Gasteiger partial charge in [0.1, 0.15) is 4.21 Å². The highest BCUT2D eigenvalue weighted by molar-refractivity contribution is 7.91. The minimum absolute atomic E-state index is 0.154. The number of amides is 1. The number of benzene rings is 1. The highest BCUT2D eigenvalue weighted by Gasteiger charge is 2.32. The summed E-state index contributed by atoms with van der Waals surface area (Å²) in [5.74, 6) is -0.390. The maximum absolute atomic E-state index is 12.8. The fourth-order valence-electron chi connectivity index (χ4n) is 3.74. The summed E-state index contributed by atoms with van der Waals surface area (Å²) >= 11 is 2.74. The molecule has 6 nitrogen and oxygen atoms in total. The third kappa shape index (κ3) is 3.84. The quantitative estimate of drug-likeness (QED) is 0.613. The van der Waals surface area contributed by atoms with E-state index < -0.39 is 10.0 Å². The lowest BCUT2D eigenvalue weighted by Gasteiger charge is -2.29.